The predicted molar refractivity (Wildman–Crippen MR) is 85.5 cm³/mol. The Balaban J connectivity index is 2.18. The summed E-state index contributed by atoms with van der Waals surface area (Å²) in [5, 5.41) is 11.5. The van der Waals surface area contributed by atoms with Crippen molar-refractivity contribution in [3.05, 3.63) is 0 Å². The van der Waals surface area contributed by atoms with Gasteiger partial charge in [-0.3, -0.25) is 0 Å². The van der Waals surface area contributed by atoms with E-state index in [1.54, 1.807) is 0 Å². The van der Waals surface area contributed by atoms with E-state index in [1.807, 2.05) is 0 Å². The van der Waals surface area contributed by atoms with Gasteiger partial charge in [0.15, 0.2) is 0 Å². The molecule has 0 aromatic heterocycles. The number of aliphatic hydroxyl groups is 1. The minimum Gasteiger partial charge on any atom is -0.389 e. The highest BCUT2D eigenvalue weighted by Crippen LogP contribution is 2.56. The summed E-state index contributed by atoms with van der Waals surface area (Å²) in [6, 6.07) is 0. The molecule has 2 aliphatic rings. The van der Waals surface area contributed by atoms with E-state index in [0.717, 1.165) is 38.0 Å². The van der Waals surface area contributed by atoms with Crippen LogP contribution in [0, 0.1) is 22.7 Å². The summed E-state index contributed by atoms with van der Waals surface area (Å²) in [6.45, 7) is 9.88. The highest BCUT2D eigenvalue weighted by Gasteiger charge is 2.55. The second-order valence-corrected chi connectivity index (χ2v) is 8.53. The number of hydrogen-bond donors (Lipinski definition) is 2. The SMILES string of the molecule is CCC1CCC(CN)(C2(O)CCC(C)(C)CC2C)CC1. The molecule has 2 saturated carbocycles. The molecule has 0 bridgehead atoms. The van der Waals surface area contributed by atoms with Crippen molar-refractivity contribution in [2.45, 2.75) is 84.7 Å². The molecule has 0 radical (unpaired) electrons. The van der Waals surface area contributed by atoms with Crippen molar-refractivity contribution in [3.63, 3.8) is 0 Å². The van der Waals surface area contributed by atoms with E-state index >= 15 is 0 Å². The summed E-state index contributed by atoms with van der Waals surface area (Å²) < 4.78 is 0. The largest absolute Gasteiger partial charge is 0.389 e. The van der Waals surface area contributed by atoms with Gasteiger partial charge in [0.05, 0.1) is 5.60 Å². The second-order valence-electron chi connectivity index (χ2n) is 8.53. The molecule has 2 heteroatoms. The third-order valence-electron chi connectivity index (χ3n) is 6.81. The summed E-state index contributed by atoms with van der Waals surface area (Å²) >= 11 is 0. The first kappa shape index (κ1) is 16.3. The van der Waals surface area contributed by atoms with Crippen molar-refractivity contribution in [1.29, 1.82) is 0 Å². The van der Waals surface area contributed by atoms with Gasteiger partial charge in [0.2, 0.25) is 0 Å². The maximum atomic E-state index is 11.5. The van der Waals surface area contributed by atoms with E-state index in [0.29, 0.717) is 17.9 Å². The van der Waals surface area contributed by atoms with Crippen molar-refractivity contribution in [2.75, 3.05) is 6.54 Å². The minimum atomic E-state index is -0.532. The van der Waals surface area contributed by atoms with Crippen LogP contribution in [0.5, 0.6) is 0 Å². The fourth-order valence-electron chi connectivity index (χ4n) is 5.12. The molecule has 2 fully saturated rings. The lowest BCUT2D eigenvalue weighted by Gasteiger charge is -2.57. The average molecular weight is 281 g/mol. The molecular weight excluding hydrogens is 246 g/mol. The van der Waals surface area contributed by atoms with E-state index in [9.17, 15) is 5.11 Å². The molecule has 2 nitrogen and oxygen atoms in total. The maximum Gasteiger partial charge on any atom is 0.0741 e. The van der Waals surface area contributed by atoms with Gasteiger partial charge in [-0.25, -0.2) is 0 Å². The van der Waals surface area contributed by atoms with E-state index in [-0.39, 0.29) is 5.41 Å². The summed E-state index contributed by atoms with van der Waals surface area (Å²) in [5.74, 6) is 1.22. The quantitative estimate of drug-likeness (QED) is 0.818. The van der Waals surface area contributed by atoms with Gasteiger partial charge in [-0.05, 0) is 62.2 Å². The van der Waals surface area contributed by atoms with E-state index in [1.165, 1.54) is 19.3 Å². The molecule has 0 heterocycles. The molecule has 0 aliphatic heterocycles. The minimum absolute atomic E-state index is 0.0193. The first-order valence-corrected chi connectivity index (χ1v) is 8.71. The fourth-order valence-corrected chi connectivity index (χ4v) is 5.12. The first-order valence-electron chi connectivity index (χ1n) is 8.71. The summed E-state index contributed by atoms with van der Waals surface area (Å²) in [7, 11) is 0. The normalized spacial score (nSPS) is 45.3. The van der Waals surface area contributed by atoms with Crippen molar-refractivity contribution in [3.8, 4) is 0 Å². The van der Waals surface area contributed by atoms with Crippen LogP contribution >= 0.6 is 0 Å². The molecular formula is C18H35NO. The molecule has 0 amide bonds. The molecule has 2 rings (SSSR count). The number of nitrogens with two attached hydrogens (primary N) is 1. The Morgan fingerprint density at radius 3 is 2.15 bits per heavy atom. The van der Waals surface area contributed by atoms with Gasteiger partial charge in [0, 0.05) is 12.0 Å². The molecule has 0 aromatic carbocycles. The topological polar surface area (TPSA) is 46.2 Å². The van der Waals surface area contributed by atoms with Crippen LogP contribution < -0.4 is 5.73 Å². The van der Waals surface area contributed by atoms with Crippen LogP contribution in [0.25, 0.3) is 0 Å². The lowest BCUT2D eigenvalue weighted by atomic mass is 9.51. The Bertz CT molecular complexity index is 330. The van der Waals surface area contributed by atoms with Gasteiger partial charge < -0.3 is 10.8 Å². The Morgan fingerprint density at radius 1 is 1.10 bits per heavy atom. The summed E-state index contributed by atoms with van der Waals surface area (Å²) in [5.41, 5.74) is 6.04. The van der Waals surface area contributed by atoms with Crippen molar-refractivity contribution in [1.82, 2.24) is 0 Å². The van der Waals surface area contributed by atoms with Crippen molar-refractivity contribution >= 4 is 0 Å². The third kappa shape index (κ3) is 2.66. The molecule has 118 valence electrons. The number of hydrogen-bond acceptors (Lipinski definition) is 2. The lowest BCUT2D eigenvalue weighted by molar-refractivity contribution is -0.172. The Kier molecular flexibility index (Phi) is 4.57. The zero-order chi connectivity index (χ0) is 15.0. The van der Waals surface area contributed by atoms with Gasteiger partial charge in [-0.15, -0.1) is 0 Å². The zero-order valence-electron chi connectivity index (χ0n) is 14.0. The fraction of sp³-hybridized carbons (Fsp3) is 1.00. The molecule has 20 heavy (non-hydrogen) atoms. The van der Waals surface area contributed by atoms with Crippen LogP contribution in [0.15, 0.2) is 0 Å². The molecule has 2 unspecified atom stereocenters. The van der Waals surface area contributed by atoms with Gasteiger partial charge in [0.25, 0.3) is 0 Å². The van der Waals surface area contributed by atoms with Crippen LogP contribution in [-0.2, 0) is 0 Å². The van der Waals surface area contributed by atoms with Crippen LogP contribution in [0.1, 0.15) is 79.1 Å². The Hall–Kier alpha value is -0.0800. The standard InChI is InChI=1S/C18H35NO/c1-5-15-6-8-17(13-19,9-7-15)18(20)11-10-16(3,4)12-14(18)2/h14-15,20H,5-13,19H2,1-4H3. The Morgan fingerprint density at radius 2 is 1.70 bits per heavy atom. The first-order chi connectivity index (χ1) is 9.28. The van der Waals surface area contributed by atoms with Crippen LogP contribution in [0.4, 0.5) is 0 Å². The monoisotopic (exact) mass is 281 g/mol. The predicted octanol–water partition coefficient (Wildman–Crippen LogP) is 4.11. The molecule has 2 aliphatic carbocycles. The average Bonchev–Trinajstić information content (AvgIpc) is 2.43. The third-order valence-corrected chi connectivity index (χ3v) is 6.81. The van der Waals surface area contributed by atoms with Gasteiger partial charge in [-0.1, -0.05) is 34.1 Å². The molecule has 0 aromatic rings. The highest BCUT2D eigenvalue weighted by molar-refractivity contribution is 5.07. The zero-order valence-corrected chi connectivity index (χ0v) is 14.0. The van der Waals surface area contributed by atoms with Crippen molar-refractivity contribution < 1.29 is 5.11 Å². The van der Waals surface area contributed by atoms with Crippen molar-refractivity contribution in [2.24, 2.45) is 28.4 Å². The summed E-state index contributed by atoms with van der Waals surface area (Å²) in [4.78, 5) is 0. The smallest absolute Gasteiger partial charge is 0.0741 e. The van der Waals surface area contributed by atoms with E-state index < -0.39 is 5.60 Å². The summed E-state index contributed by atoms with van der Waals surface area (Å²) in [6.07, 6.45) is 9.25. The molecule has 0 spiro atoms. The molecule has 2 atom stereocenters. The van der Waals surface area contributed by atoms with E-state index in [4.69, 9.17) is 5.73 Å². The lowest BCUT2D eigenvalue weighted by Crippen LogP contribution is -2.60. The Labute approximate surface area is 125 Å². The van der Waals surface area contributed by atoms with Crippen LogP contribution in [0.2, 0.25) is 0 Å². The maximum absolute atomic E-state index is 11.5. The number of rotatable bonds is 3. The second kappa shape index (κ2) is 5.61. The van der Waals surface area contributed by atoms with E-state index in [2.05, 4.69) is 27.7 Å². The van der Waals surface area contributed by atoms with Gasteiger partial charge in [0.1, 0.15) is 0 Å². The molecule has 3 N–H and O–H groups in total. The van der Waals surface area contributed by atoms with Crippen LogP contribution in [0.3, 0.4) is 0 Å². The highest BCUT2D eigenvalue weighted by atomic mass is 16.3. The molecule has 0 saturated heterocycles. The van der Waals surface area contributed by atoms with Gasteiger partial charge >= 0.3 is 0 Å². The van der Waals surface area contributed by atoms with Gasteiger partial charge in [-0.2, -0.15) is 0 Å². The van der Waals surface area contributed by atoms with Crippen LogP contribution in [-0.4, -0.2) is 17.3 Å².